The van der Waals surface area contributed by atoms with Gasteiger partial charge in [0.2, 0.25) is 18.2 Å². The van der Waals surface area contributed by atoms with E-state index in [0.717, 1.165) is 0 Å². The molecule has 1 aliphatic heterocycles. The van der Waals surface area contributed by atoms with E-state index in [1.165, 1.54) is 43.0 Å². The molecule has 63 heavy (non-hydrogen) atoms. The van der Waals surface area contributed by atoms with Gasteiger partial charge in [-0.25, -0.2) is 15.0 Å². The highest BCUT2D eigenvalue weighted by molar-refractivity contribution is 5.67. The number of aliphatic hydroxyl groups excluding tert-OH is 4. The third-order valence-electron chi connectivity index (χ3n) is 12.3. The molecule has 4 rings (SSSR count). The van der Waals surface area contributed by atoms with Crippen LogP contribution in [0.4, 0.5) is 0 Å². The fraction of sp³-hybridized carbons (Fsp3) is 0.667. The molecule has 0 aromatic carbocycles. The molecule has 0 radical (unpaired) electrons. The third-order valence-corrected chi connectivity index (χ3v) is 12.3. The van der Waals surface area contributed by atoms with Crippen molar-refractivity contribution in [2.45, 2.75) is 135 Å². The normalized spacial score (nSPS) is 23.2. The summed E-state index contributed by atoms with van der Waals surface area (Å²) in [5.41, 5.74) is 1.08. The summed E-state index contributed by atoms with van der Waals surface area (Å²) in [7, 11) is 6.49. The van der Waals surface area contributed by atoms with E-state index in [-0.39, 0.29) is 66.3 Å². The standard InChI is InChI=1S/C45H68N4O14/c1-25(13-14-36(53)27(3)42(56)26(2)15-16-49(6)24-50)37(57-7)20-39-29(5)38(58-8)18-31(63-39)19-40-46-33(22-60-40)44-48-34(23-62-44)45-47-32(21-61-45)43(59-9)28(4)35(52)12-10-11-30(51)17-41(54)55/h10,12,15-16,21-31,35-39,42-43,51-53,56H,11,13-14,17-20H2,1-9H3,(H,54,55)/b12-10+,16-15+. The van der Waals surface area contributed by atoms with Gasteiger partial charge in [-0.2, -0.15) is 0 Å². The highest BCUT2D eigenvalue weighted by Crippen LogP contribution is 2.35. The van der Waals surface area contributed by atoms with Crippen LogP contribution in [-0.2, 0) is 35.0 Å². The van der Waals surface area contributed by atoms with Gasteiger partial charge in [0.25, 0.3) is 0 Å². The van der Waals surface area contributed by atoms with Crippen LogP contribution < -0.4 is 0 Å². The van der Waals surface area contributed by atoms with Crippen molar-refractivity contribution in [2.75, 3.05) is 28.4 Å². The summed E-state index contributed by atoms with van der Waals surface area (Å²) in [4.78, 5) is 36.8. The van der Waals surface area contributed by atoms with Crippen LogP contribution >= 0.6 is 0 Å². The van der Waals surface area contributed by atoms with E-state index in [1.54, 1.807) is 40.5 Å². The number of aromatic nitrogens is 3. The van der Waals surface area contributed by atoms with E-state index in [0.29, 0.717) is 61.5 Å². The Morgan fingerprint density at radius 3 is 2.27 bits per heavy atom. The Hall–Kier alpha value is -4.27. The Morgan fingerprint density at radius 1 is 0.921 bits per heavy atom. The van der Waals surface area contributed by atoms with Crippen molar-refractivity contribution in [2.24, 2.45) is 29.6 Å². The maximum Gasteiger partial charge on any atom is 0.305 e. The molecular formula is C45H68N4O14. The van der Waals surface area contributed by atoms with E-state index in [1.807, 2.05) is 13.8 Å². The molecule has 18 heteroatoms. The second-order valence-corrected chi connectivity index (χ2v) is 17.0. The number of carboxylic acids is 1. The number of hydrogen-bond donors (Lipinski definition) is 5. The average Bonchev–Trinajstić information content (AvgIpc) is 4.06. The van der Waals surface area contributed by atoms with Gasteiger partial charge in [-0.1, -0.05) is 52.8 Å². The largest absolute Gasteiger partial charge is 0.481 e. The molecule has 0 saturated carbocycles. The fourth-order valence-corrected chi connectivity index (χ4v) is 7.99. The lowest BCUT2D eigenvalue weighted by atomic mass is 9.82. The number of amides is 1. The Morgan fingerprint density at radius 2 is 1.60 bits per heavy atom. The summed E-state index contributed by atoms with van der Waals surface area (Å²) >= 11 is 0. The summed E-state index contributed by atoms with van der Waals surface area (Å²) in [5, 5.41) is 51.2. The van der Waals surface area contributed by atoms with Crippen molar-refractivity contribution in [3.05, 3.63) is 54.8 Å². The van der Waals surface area contributed by atoms with Gasteiger partial charge in [0.1, 0.15) is 30.6 Å². The monoisotopic (exact) mass is 888 g/mol. The topological polar surface area (TPSA) is 254 Å². The molecule has 14 atom stereocenters. The van der Waals surface area contributed by atoms with Crippen molar-refractivity contribution < 1.29 is 67.3 Å². The van der Waals surface area contributed by atoms with Crippen molar-refractivity contribution >= 4 is 12.4 Å². The van der Waals surface area contributed by atoms with Crippen LogP contribution in [0.25, 0.3) is 23.2 Å². The van der Waals surface area contributed by atoms with Crippen LogP contribution in [0.3, 0.4) is 0 Å². The smallest absolute Gasteiger partial charge is 0.305 e. The molecule has 3 aromatic rings. The molecule has 4 heterocycles. The summed E-state index contributed by atoms with van der Waals surface area (Å²) in [6.07, 6.45) is 8.87. The first-order valence-corrected chi connectivity index (χ1v) is 21.6. The van der Waals surface area contributed by atoms with Crippen LogP contribution in [0.5, 0.6) is 0 Å². The number of rotatable bonds is 27. The lowest BCUT2D eigenvalue weighted by Crippen LogP contribution is -2.46. The van der Waals surface area contributed by atoms with Gasteiger partial charge in [0.15, 0.2) is 17.3 Å². The molecule has 1 saturated heterocycles. The van der Waals surface area contributed by atoms with E-state index >= 15 is 0 Å². The SMILES string of the molecule is COC(CC1OC(Cc2nc(-c3nc(-c4nc(C(OC)C(C)C(O)/C=C/CC(O)CC(=O)O)co4)co3)co2)CC(OC)C1C)C(C)CCC(O)C(C)C(O)C(C)/C=C/N(C)C=O. The predicted molar refractivity (Wildman–Crippen MR) is 228 cm³/mol. The molecule has 0 spiro atoms. The molecule has 0 aliphatic carbocycles. The maximum absolute atomic E-state index is 11.0. The van der Waals surface area contributed by atoms with E-state index in [2.05, 4.69) is 28.8 Å². The van der Waals surface area contributed by atoms with Crippen LogP contribution in [0.1, 0.15) is 90.8 Å². The van der Waals surface area contributed by atoms with Gasteiger partial charge in [-0.3, -0.25) is 9.59 Å². The zero-order valence-corrected chi connectivity index (χ0v) is 37.9. The number of nitrogens with zero attached hydrogens (tertiary/aromatic N) is 4. The summed E-state index contributed by atoms with van der Waals surface area (Å²) in [6, 6.07) is 0. The van der Waals surface area contributed by atoms with Gasteiger partial charge in [0, 0.05) is 71.1 Å². The maximum atomic E-state index is 11.0. The Labute approximate surface area is 369 Å². The zero-order chi connectivity index (χ0) is 46.4. The van der Waals surface area contributed by atoms with Gasteiger partial charge < -0.3 is 62.6 Å². The number of carbonyl (C=O) groups excluding carboxylic acids is 1. The van der Waals surface area contributed by atoms with Gasteiger partial charge in [0.05, 0.1) is 61.7 Å². The van der Waals surface area contributed by atoms with E-state index < -0.39 is 48.8 Å². The molecule has 1 fully saturated rings. The molecule has 14 unspecified atom stereocenters. The molecule has 5 N–H and O–H groups in total. The highest BCUT2D eigenvalue weighted by atomic mass is 16.5. The van der Waals surface area contributed by atoms with Crippen molar-refractivity contribution in [1.82, 2.24) is 19.9 Å². The van der Waals surface area contributed by atoms with Gasteiger partial charge >= 0.3 is 5.97 Å². The first-order chi connectivity index (χ1) is 30.0. The van der Waals surface area contributed by atoms with E-state index in [9.17, 15) is 30.0 Å². The van der Waals surface area contributed by atoms with E-state index in [4.69, 9.17) is 37.3 Å². The summed E-state index contributed by atoms with van der Waals surface area (Å²) in [5.74, 6) is -1.29. The minimum absolute atomic E-state index is 0.0763. The van der Waals surface area contributed by atoms with Gasteiger partial charge in [-0.05, 0) is 25.2 Å². The molecule has 18 nitrogen and oxygen atoms in total. The number of carbonyl (C=O) groups is 2. The molecule has 1 aliphatic rings. The second kappa shape index (κ2) is 24.7. The van der Waals surface area contributed by atoms with Crippen molar-refractivity contribution in [3.8, 4) is 23.2 Å². The quantitative estimate of drug-likeness (QED) is 0.0486. The lowest BCUT2D eigenvalue weighted by Gasteiger charge is -2.41. The molecule has 0 bridgehead atoms. The van der Waals surface area contributed by atoms with Crippen LogP contribution in [0.15, 0.2) is 56.5 Å². The third kappa shape index (κ3) is 14.6. The fourth-order valence-electron chi connectivity index (χ4n) is 7.99. The first kappa shape index (κ1) is 51.4. The highest BCUT2D eigenvalue weighted by Gasteiger charge is 2.39. The minimum Gasteiger partial charge on any atom is -0.481 e. The van der Waals surface area contributed by atoms with Crippen molar-refractivity contribution in [3.63, 3.8) is 0 Å². The number of aliphatic hydroxyl groups is 4. The average molecular weight is 889 g/mol. The minimum atomic E-state index is -1.11. The summed E-state index contributed by atoms with van der Waals surface area (Å²) in [6.45, 7) is 9.66. The second-order valence-electron chi connectivity index (χ2n) is 17.0. The summed E-state index contributed by atoms with van der Waals surface area (Å²) < 4.78 is 41.5. The lowest BCUT2D eigenvalue weighted by molar-refractivity contribution is -0.155. The number of aliphatic carboxylic acids is 1. The van der Waals surface area contributed by atoms with Crippen molar-refractivity contribution in [1.29, 1.82) is 0 Å². The first-order valence-electron chi connectivity index (χ1n) is 21.6. The number of carboxylic acid groups (broad SMARTS) is 1. The molecular weight excluding hydrogens is 821 g/mol. The zero-order valence-electron chi connectivity index (χ0n) is 37.9. The molecule has 352 valence electrons. The van der Waals surface area contributed by atoms with Crippen LogP contribution in [0, 0.1) is 29.6 Å². The Kier molecular flexibility index (Phi) is 20.1. The van der Waals surface area contributed by atoms with Gasteiger partial charge in [-0.15, -0.1) is 0 Å². The number of methoxy groups -OCH3 is 3. The number of oxazole rings is 3. The molecule has 1 amide bonds. The van der Waals surface area contributed by atoms with Crippen LogP contribution in [0.2, 0.25) is 0 Å². The van der Waals surface area contributed by atoms with Crippen LogP contribution in [-0.4, -0.2) is 135 Å². The number of hydrogen-bond acceptors (Lipinski definition) is 16. The Bertz CT molecular complexity index is 1880. The predicted octanol–water partition coefficient (Wildman–Crippen LogP) is 5.22. The Balaban J connectivity index is 1.34. The molecule has 3 aromatic heterocycles. The number of ether oxygens (including phenoxy) is 4.